The van der Waals surface area contributed by atoms with Crippen molar-refractivity contribution in [3.63, 3.8) is 0 Å². The molecule has 2 rings (SSSR count). The summed E-state index contributed by atoms with van der Waals surface area (Å²) in [6.07, 6.45) is 0.614. The van der Waals surface area contributed by atoms with Crippen molar-refractivity contribution in [1.82, 2.24) is 0 Å². The number of rotatable bonds is 8. The van der Waals surface area contributed by atoms with Crippen LogP contribution >= 0.6 is 0 Å². The Balaban J connectivity index is 1.85. The number of amides is 1. The van der Waals surface area contributed by atoms with Gasteiger partial charge in [0.2, 0.25) is 0 Å². The van der Waals surface area contributed by atoms with Crippen LogP contribution in [-0.2, 0) is 14.3 Å². The molecule has 0 aromatic heterocycles. The average molecular weight is 341 g/mol. The Labute approximate surface area is 148 Å². The van der Waals surface area contributed by atoms with E-state index >= 15 is 0 Å². The molecule has 0 saturated carbocycles. The van der Waals surface area contributed by atoms with Crippen LogP contribution in [-0.4, -0.2) is 25.1 Å². The predicted octanol–water partition coefficient (Wildman–Crippen LogP) is 3.76. The van der Waals surface area contributed by atoms with Crippen LogP contribution in [0, 0.1) is 0 Å². The lowest BCUT2D eigenvalue weighted by molar-refractivity contribution is -0.149. The van der Waals surface area contributed by atoms with Crippen molar-refractivity contribution in [1.29, 1.82) is 0 Å². The number of carbonyl (C=O) groups is 2. The van der Waals surface area contributed by atoms with Crippen molar-refractivity contribution < 1.29 is 19.1 Å². The minimum Gasteiger partial charge on any atom is -0.494 e. The van der Waals surface area contributed by atoms with E-state index in [2.05, 4.69) is 5.32 Å². The van der Waals surface area contributed by atoms with E-state index in [1.165, 1.54) is 0 Å². The van der Waals surface area contributed by atoms with Crippen LogP contribution in [0.4, 0.5) is 5.69 Å². The van der Waals surface area contributed by atoms with E-state index < -0.39 is 5.97 Å². The van der Waals surface area contributed by atoms with E-state index in [9.17, 15) is 9.59 Å². The molecule has 1 N–H and O–H groups in total. The summed E-state index contributed by atoms with van der Waals surface area (Å²) >= 11 is 0. The van der Waals surface area contributed by atoms with Crippen molar-refractivity contribution in [2.24, 2.45) is 0 Å². The quantitative estimate of drug-likeness (QED) is 0.743. The molecule has 0 fully saturated rings. The Morgan fingerprint density at radius 2 is 1.68 bits per heavy atom. The van der Waals surface area contributed by atoms with Gasteiger partial charge < -0.3 is 14.8 Å². The monoisotopic (exact) mass is 341 g/mol. The Bertz CT molecular complexity index is 683. The molecule has 0 bridgehead atoms. The van der Waals surface area contributed by atoms with Crippen LogP contribution in [0.15, 0.2) is 54.6 Å². The number of esters is 1. The molecule has 0 radical (unpaired) electrons. The number of benzene rings is 2. The Morgan fingerprint density at radius 1 is 1.00 bits per heavy atom. The van der Waals surface area contributed by atoms with E-state index in [1.54, 1.807) is 24.3 Å². The van der Waals surface area contributed by atoms with Crippen LogP contribution in [0.2, 0.25) is 0 Å². The standard InChI is InChI=1S/C20H23NO4/c1-3-18(15-8-6-5-7-9-15)20(23)25-14-19(22)21-16-10-12-17(13-11-16)24-4-2/h5-13,18H,3-4,14H2,1-2H3,(H,21,22)/t18-/m0/s1. The fraction of sp³-hybridized carbons (Fsp3) is 0.300. The van der Waals surface area contributed by atoms with Gasteiger partial charge in [0.1, 0.15) is 5.75 Å². The van der Waals surface area contributed by atoms with Gasteiger partial charge in [-0.2, -0.15) is 0 Å². The van der Waals surface area contributed by atoms with E-state index in [-0.39, 0.29) is 18.4 Å². The molecule has 2 aromatic rings. The highest BCUT2D eigenvalue weighted by Crippen LogP contribution is 2.21. The van der Waals surface area contributed by atoms with E-state index in [0.29, 0.717) is 18.7 Å². The highest BCUT2D eigenvalue weighted by Gasteiger charge is 2.20. The van der Waals surface area contributed by atoms with Gasteiger partial charge in [-0.25, -0.2) is 0 Å². The predicted molar refractivity (Wildman–Crippen MR) is 96.7 cm³/mol. The smallest absolute Gasteiger partial charge is 0.313 e. The summed E-state index contributed by atoms with van der Waals surface area (Å²) in [7, 11) is 0. The molecule has 5 nitrogen and oxygen atoms in total. The van der Waals surface area contributed by atoms with Gasteiger partial charge in [0, 0.05) is 5.69 Å². The summed E-state index contributed by atoms with van der Waals surface area (Å²) in [4.78, 5) is 24.2. The number of hydrogen-bond acceptors (Lipinski definition) is 4. The van der Waals surface area contributed by atoms with Gasteiger partial charge in [0.25, 0.3) is 5.91 Å². The molecule has 0 saturated heterocycles. The van der Waals surface area contributed by atoms with Crippen LogP contribution < -0.4 is 10.1 Å². The maximum atomic E-state index is 12.2. The summed E-state index contributed by atoms with van der Waals surface area (Å²) < 4.78 is 10.5. The lowest BCUT2D eigenvalue weighted by Gasteiger charge is -2.14. The second-order valence-electron chi connectivity index (χ2n) is 5.48. The maximum absolute atomic E-state index is 12.2. The SMILES string of the molecule is CCOc1ccc(NC(=O)COC(=O)[C@@H](CC)c2ccccc2)cc1. The zero-order chi connectivity index (χ0) is 18.1. The van der Waals surface area contributed by atoms with Gasteiger partial charge in [-0.1, -0.05) is 37.3 Å². The number of nitrogens with one attached hydrogen (secondary N) is 1. The Hall–Kier alpha value is -2.82. The molecular formula is C20H23NO4. The minimum atomic E-state index is -0.393. The van der Waals surface area contributed by atoms with Crippen molar-refractivity contribution in [2.45, 2.75) is 26.2 Å². The van der Waals surface area contributed by atoms with Crippen LogP contribution in [0.5, 0.6) is 5.75 Å². The number of anilines is 1. The molecule has 5 heteroatoms. The second-order valence-corrected chi connectivity index (χ2v) is 5.48. The maximum Gasteiger partial charge on any atom is 0.313 e. The van der Waals surface area contributed by atoms with Crippen LogP contribution in [0.1, 0.15) is 31.7 Å². The van der Waals surface area contributed by atoms with Gasteiger partial charge in [0.15, 0.2) is 6.61 Å². The molecule has 25 heavy (non-hydrogen) atoms. The van der Waals surface area contributed by atoms with Gasteiger partial charge in [-0.3, -0.25) is 9.59 Å². The molecule has 132 valence electrons. The third-order valence-electron chi connectivity index (χ3n) is 3.69. The van der Waals surface area contributed by atoms with Gasteiger partial charge in [-0.05, 0) is 43.2 Å². The molecule has 0 aliphatic carbocycles. The van der Waals surface area contributed by atoms with Crippen molar-refractivity contribution in [2.75, 3.05) is 18.5 Å². The fourth-order valence-electron chi connectivity index (χ4n) is 2.46. The van der Waals surface area contributed by atoms with Gasteiger partial charge in [0.05, 0.1) is 12.5 Å². The Kier molecular flexibility index (Phi) is 7.01. The molecule has 0 aliphatic heterocycles. The first-order valence-electron chi connectivity index (χ1n) is 8.38. The average Bonchev–Trinajstić information content (AvgIpc) is 2.63. The first kappa shape index (κ1) is 18.5. The number of hydrogen-bond donors (Lipinski definition) is 1. The topological polar surface area (TPSA) is 64.6 Å². The molecule has 0 heterocycles. The van der Waals surface area contributed by atoms with Gasteiger partial charge in [-0.15, -0.1) is 0 Å². The summed E-state index contributed by atoms with van der Waals surface area (Å²) in [5, 5.41) is 2.69. The van der Waals surface area contributed by atoms with Crippen LogP contribution in [0.3, 0.4) is 0 Å². The molecule has 0 unspecified atom stereocenters. The molecule has 0 aliphatic rings. The fourth-order valence-corrected chi connectivity index (χ4v) is 2.46. The molecule has 0 spiro atoms. The highest BCUT2D eigenvalue weighted by molar-refractivity contribution is 5.93. The molecule has 1 atom stereocenters. The van der Waals surface area contributed by atoms with Crippen LogP contribution in [0.25, 0.3) is 0 Å². The van der Waals surface area contributed by atoms with E-state index in [0.717, 1.165) is 11.3 Å². The second kappa shape index (κ2) is 9.47. The zero-order valence-electron chi connectivity index (χ0n) is 14.5. The molecule has 1 amide bonds. The van der Waals surface area contributed by atoms with E-state index in [1.807, 2.05) is 44.2 Å². The summed E-state index contributed by atoms with van der Waals surface area (Å²) in [6.45, 7) is 4.10. The number of ether oxygens (including phenoxy) is 2. The summed E-state index contributed by atoms with van der Waals surface area (Å²) in [5.74, 6) is -0.393. The first-order chi connectivity index (χ1) is 12.1. The van der Waals surface area contributed by atoms with E-state index in [4.69, 9.17) is 9.47 Å². The lowest BCUT2D eigenvalue weighted by Crippen LogP contribution is -2.23. The Morgan fingerprint density at radius 3 is 2.28 bits per heavy atom. The largest absolute Gasteiger partial charge is 0.494 e. The highest BCUT2D eigenvalue weighted by atomic mass is 16.5. The summed E-state index contributed by atoms with van der Waals surface area (Å²) in [6, 6.07) is 16.4. The number of carbonyl (C=O) groups excluding carboxylic acids is 2. The van der Waals surface area contributed by atoms with Crippen molar-refractivity contribution in [3.8, 4) is 5.75 Å². The van der Waals surface area contributed by atoms with Crippen molar-refractivity contribution >= 4 is 17.6 Å². The summed E-state index contributed by atoms with van der Waals surface area (Å²) in [5.41, 5.74) is 1.52. The van der Waals surface area contributed by atoms with Gasteiger partial charge >= 0.3 is 5.97 Å². The molecule has 2 aromatic carbocycles. The molecular weight excluding hydrogens is 318 g/mol. The zero-order valence-corrected chi connectivity index (χ0v) is 14.5. The normalized spacial score (nSPS) is 11.4. The third-order valence-corrected chi connectivity index (χ3v) is 3.69. The lowest BCUT2D eigenvalue weighted by atomic mass is 9.97. The van der Waals surface area contributed by atoms with Crippen molar-refractivity contribution in [3.05, 3.63) is 60.2 Å². The third kappa shape index (κ3) is 5.64. The first-order valence-corrected chi connectivity index (χ1v) is 8.38. The minimum absolute atomic E-state index is 0.310.